The zero-order chi connectivity index (χ0) is 19.4. The number of carbonyl (C=O) groups is 2. The maximum absolute atomic E-state index is 13.0. The van der Waals surface area contributed by atoms with E-state index in [1.807, 2.05) is 13.8 Å². The molecule has 1 aromatic rings. The molecule has 26 heavy (non-hydrogen) atoms. The maximum atomic E-state index is 13.0. The first kappa shape index (κ1) is 18.7. The monoisotopic (exact) mass is 360 g/mol. The fraction of sp³-hybridized carbons (Fsp3) is 0.619. The van der Waals surface area contributed by atoms with Crippen molar-refractivity contribution < 1.29 is 24.5 Å². The molecule has 0 amide bonds. The Morgan fingerprint density at radius 2 is 1.85 bits per heavy atom. The Kier molecular flexibility index (Phi) is 4.32. The molecule has 1 saturated carbocycles. The van der Waals surface area contributed by atoms with Crippen molar-refractivity contribution in [3.63, 3.8) is 0 Å². The second kappa shape index (κ2) is 6.00. The van der Waals surface area contributed by atoms with E-state index in [-0.39, 0.29) is 57.8 Å². The van der Waals surface area contributed by atoms with Crippen LogP contribution in [0.4, 0.5) is 0 Å². The molecule has 2 atom stereocenters. The van der Waals surface area contributed by atoms with Gasteiger partial charge in [0, 0.05) is 17.5 Å². The molecule has 2 N–H and O–H groups in total. The van der Waals surface area contributed by atoms with Gasteiger partial charge in [-0.1, -0.05) is 34.1 Å². The average molecular weight is 360 g/mol. The highest BCUT2D eigenvalue weighted by molar-refractivity contribution is 6.05. The van der Waals surface area contributed by atoms with Crippen LogP contribution in [0.3, 0.4) is 0 Å². The number of methoxy groups -OCH3 is 1. The largest absolute Gasteiger partial charge is 0.507 e. The van der Waals surface area contributed by atoms with Crippen LogP contribution in [-0.2, 0) is 10.2 Å². The van der Waals surface area contributed by atoms with Gasteiger partial charge >= 0.3 is 0 Å². The van der Waals surface area contributed by atoms with Crippen molar-refractivity contribution in [2.24, 2.45) is 11.3 Å². The van der Waals surface area contributed by atoms with E-state index < -0.39 is 5.41 Å². The number of ether oxygens (including phenoxy) is 1. The number of phenolic OH excluding ortho intramolecular Hbond substituents is 2. The van der Waals surface area contributed by atoms with E-state index in [1.54, 1.807) is 0 Å². The molecule has 0 aliphatic heterocycles. The van der Waals surface area contributed by atoms with Gasteiger partial charge in [-0.05, 0) is 30.1 Å². The van der Waals surface area contributed by atoms with Gasteiger partial charge in [0.2, 0.25) is 0 Å². The lowest BCUT2D eigenvalue weighted by molar-refractivity contribution is -0.119. The van der Waals surface area contributed by atoms with E-state index in [9.17, 15) is 19.8 Å². The molecule has 0 aromatic heterocycles. The Bertz CT molecular complexity index is 777. The summed E-state index contributed by atoms with van der Waals surface area (Å²) in [7, 11) is 1.42. The normalized spacial score (nSPS) is 27.0. The van der Waals surface area contributed by atoms with Gasteiger partial charge in [0.1, 0.15) is 12.0 Å². The molecule has 1 fully saturated rings. The molecule has 0 radical (unpaired) electrons. The number of rotatable bonds is 3. The van der Waals surface area contributed by atoms with E-state index in [1.165, 1.54) is 7.11 Å². The van der Waals surface area contributed by atoms with Gasteiger partial charge in [0.05, 0.1) is 18.1 Å². The molecule has 3 rings (SSSR count). The Morgan fingerprint density at radius 1 is 1.19 bits per heavy atom. The molecule has 2 aliphatic rings. The summed E-state index contributed by atoms with van der Waals surface area (Å²) in [5, 5.41) is 22.0. The number of fused-ring (bicyclic) bond motifs is 3. The van der Waals surface area contributed by atoms with Crippen molar-refractivity contribution in [1.29, 1.82) is 0 Å². The lowest BCUT2D eigenvalue weighted by atomic mass is 9.49. The zero-order valence-corrected chi connectivity index (χ0v) is 16.2. The fourth-order valence-corrected chi connectivity index (χ4v) is 5.31. The van der Waals surface area contributed by atoms with Gasteiger partial charge in [0.15, 0.2) is 17.3 Å². The number of ketones is 1. The van der Waals surface area contributed by atoms with Gasteiger partial charge in [-0.2, -0.15) is 0 Å². The molecule has 0 saturated heterocycles. The highest BCUT2D eigenvalue weighted by Gasteiger charge is 2.57. The standard InChI is InChI=1S/C21H28O5/c1-11(2)14-17(24)15-12(23)9-13-20(3,4)7-6-8-21(13,10-22)16(15)18(25)19(14)26-5/h10-11,13,24-25H,6-9H2,1-5H3. The summed E-state index contributed by atoms with van der Waals surface area (Å²) < 4.78 is 5.40. The molecular weight excluding hydrogens is 332 g/mol. The van der Waals surface area contributed by atoms with Crippen LogP contribution in [-0.4, -0.2) is 29.4 Å². The number of benzene rings is 1. The average Bonchev–Trinajstić information content (AvgIpc) is 2.57. The first-order valence-electron chi connectivity index (χ1n) is 9.28. The SMILES string of the molecule is COc1c(O)c2c(c(O)c1C(C)C)C(=O)CC1C(C)(C)CCCC21C=O. The predicted molar refractivity (Wildman–Crippen MR) is 98.2 cm³/mol. The van der Waals surface area contributed by atoms with Gasteiger partial charge in [-0.25, -0.2) is 0 Å². The third-order valence-electron chi connectivity index (χ3n) is 6.54. The Morgan fingerprint density at radius 3 is 2.38 bits per heavy atom. The van der Waals surface area contributed by atoms with Gasteiger partial charge < -0.3 is 19.7 Å². The number of aromatic hydroxyl groups is 2. The van der Waals surface area contributed by atoms with Crippen LogP contribution in [0.15, 0.2) is 0 Å². The topological polar surface area (TPSA) is 83.8 Å². The third kappa shape index (κ3) is 2.29. The van der Waals surface area contributed by atoms with Crippen molar-refractivity contribution >= 4 is 12.1 Å². The molecule has 2 unspecified atom stereocenters. The smallest absolute Gasteiger partial charge is 0.167 e. The summed E-state index contributed by atoms with van der Waals surface area (Å²) in [6, 6.07) is 0. The van der Waals surface area contributed by atoms with Crippen molar-refractivity contribution in [3.05, 3.63) is 16.7 Å². The molecule has 0 heterocycles. The van der Waals surface area contributed by atoms with E-state index in [2.05, 4.69) is 13.8 Å². The molecule has 0 bridgehead atoms. The number of carbonyl (C=O) groups excluding carboxylic acids is 2. The summed E-state index contributed by atoms with van der Waals surface area (Å²) in [6.45, 7) is 7.87. The number of aldehydes is 1. The van der Waals surface area contributed by atoms with Crippen LogP contribution in [0, 0.1) is 11.3 Å². The quantitative estimate of drug-likeness (QED) is 0.627. The van der Waals surface area contributed by atoms with Crippen LogP contribution >= 0.6 is 0 Å². The highest BCUT2D eigenvalue weighted by Crippen LogP contribution is 2.61. The van der Waals surface area contributed by atoms with Crippen molar-refractivity contribution in [2.45, 2.75) is 64.7 Å². The van der Waals surface area contributed by atoms with Gasteiger partial charge in [-0.3, -0.25) is 4.79 Å². The summed E-state index contributed by atoms with van der Waals surface area (Å²) >= 11 is 0. The molecule has 0 spiro atoms. The van der Waals surface area contributed by atoms with Crippen molar-refractivity contribution in [1.82, 2.24) is 0 Å². The molecule has 5 heteroatoms. The number of phenols is 2. The summed E-state index contributed by atoms with van der Waals surface area (Å²) in [5.41, 5.74) is -0.409. The van der Waals surface area contributed by atoms with E-state index in [4.69, 9.17) is 4.74 Å². The first-order valence-corrected chi connectivity index (χ1v) is 9.28. The second-order valence-corrected chi connectivity index (χ2v) is 8.73. The molecule has 1 aromatic carbocycles. The minimum atomic E-state index is -0.977. The fourth-order valence-electron chi connectivity index (χ4n) is 5.31. The molecular formula is C21H28O5. The Hall–Kier alpha value is -2.04. The van der Waals surface area contributed by atoms with E-state index >= 15 is 0 Å². The van der Waals surface area contributed by atoms with Crippen LogP contribution < -0.4 is 4.74 Å². The second-order valence-electron chi connectivity index (χ2n) is 8.73. The number of hydrogen-bond donors (Lipinski definition) is 2. The summed E-state index contributed by atoms with van der Waals surface area (Å²) in [4.78, 5) is 25.4. The Balaban J connectivity index is 2.43. The minimum absolute atomic E-state index is 0.105. The van der Waals surface area contributed by atoms with Crippen molar-refractivity contribution in [3.8, 4) is 17.2 Å². The van der Waals surface area contributed by atoms with E-state index in [0.717, 1.165) is 19.1 Å². The van der Waals surface area contributed by atoms with E-state index in [0.29, 0.717) is 12.0 Å². The predicted octanol–water partition coefficient (Wildman–Crippen LogP) is 4.08. The van der Waals surface area contributed by atoms with Crippen LogP contribution in [0.1, 0.15) is 80.8 Å². The molecule has 5 nitrogen and oxygen atoms in total. The highest BCUT2D eigenvalue weighted by atomic mass is 16.5. The number of Topliss-reactive ketones (excluding diaryl/α,β-unsaturated/α-hetero) is 1. The summed E-state index contributed by atoms with van der Waals surface area (Å²) in [6.07, 6.45) is 3.39. The molecule has 2 aliphatic carbocycles. The lowest BCUT2D eigenvalue weighted by Crippen LogP contribution is -2.52. The first-order chi connectivity index (χ1) is 12.1. The van der Waals surface area contributed by atoms with Crippen LogP contribution in [0.2, 0.25) is 0 Å². The Labute approximate surface area is 154 Å². The zero-order valence-electron chi connectivity index (χ0n) is 16.2. The number of hydrogen-bond acceptors (Lipinski definition) is 5. The molecule has 142 valence electrons. The maximum Gasteiger partial charge on any atom is 0.167 e. The van der Waals surface area contributed by atoms with Crippen molar-refractivity contribution in [2.75, 3.05) is 7.11 Å². The lowest BCUT2D eigenvalue weighted by Gasteiger charge is -2.52. The van der Waals surface area contributed by atoms with Crippen LogP contribution in [0.25, 0.3) is 0 Å². The minimum Gasteiger partial charge on any atom is -0.507 e. The summed E-state index contributed by atoms with van der Waals surface area (Å²) in [5.74, 6) is -0.739. The third-order valence-corrected chi connectivity index (χ3v) is 6.54. The van der Waals surface area contributed by atoms with Gasteiger partial charge in [-0.15, -0.1) is 0 Å². The van der Waals surface area contributed by atoms with Gasteiger partial charge in [0.25, 0.3) is 0 Å². The van der Waals surface area contributed by atoms with Crippen LogP contribution in [0.5, 0.6) is 17.2 Å².